The first-order valence-electron chi connectivity index (χ1n) is 5.09. The van der Waals surface area contributed by atoms with E-state index in [0.29, 0.717) is 5.92 Å². The summed E-state index contributed by atoms with van der Waals surface area (Å²) in [6, 6.07) is 0.917. The number of fused-ring (bicyclic) bond motifs is 2. The molecule has 1 saturated heterocycles. The molecule has 2 bridgehead atoms. The number of alkyl halides is 1. The normalized spacial score (nSPS) is 37.5. The molecule has 0 radical (unpaired) electrons. The van der Waals surface area contributed by atoms with Crippen LogP contribution < -0.4 is 0 Å². The predicted molar refractivity (Wildman–Crippen MR) is 52.6 cm³/mol. The molecule has 70 valence electrons. The van der Waals surface area contributed by atoms with Gasteiger partial charge in [-0.25, -0.2) is 0 Å². The Morgan fingerprint density at radius 3 is 2.83 bits per heavy atom. The Kier molecular flexibility index (Phi) is 2.61. The van der Waals surface area contributed by atoms with Crippen molar-refractivity contribution in [3.8, 4) is 0 Å². The molecule has 2 heteroatoms. The highest BCUT2D eigenvalue weighted by Gasteiger charge is 2.37. The van der Waals surface area contributed by atoms with Crippen LogP contribution in [0.3, 0.4) is 0 Å². The van der Waals surface area contributed by atoms with Crippen LogP contribution in [0.25, 0.3) is 0 Å². The smallest absolute Gasteiger partial charge is 0.0261 e. The number of halogens is 1. The van der Waals surface area contributed by atoms with E-state index >= 15 is 0 Å². The maximum Gasteiger partial charge on any atom is 0.0261 e. The molecule has 1 aliphatic carbocycles. The second-order valence-corrected chi connectivity index (χ2v) is 4.85. The molecule has 0 aromatic rings. The second kappa shape index (κ2) is 3.55. The van der Waals surface area contributed by atoms with Gasteiger partial charge in [-0.2, -0.15) is 0 Å². The van der Waals surface area contributed by atoms with E-state index in [1.54, 1.807) is 0 Å². The molecule has 12 heavy (non-hydrogen) atoms. The van der Waals surface area contributed by atoms with Crippen molar-refractivity contribution in [2.24, 2.45) is 11.8 Å². The van der Waals surface area contributed by atoms with Crippen LogP contribution in [0.2, 0.25) is 0 Å². The van der Waals surface area contributed by atoms with Gasteiger partial charge in [0, 0.05) is 25.0 Å². The highest BCUT2D eigenvalue weighted by Crippen LogP contribution is 2.37. The third-order valence-corrected chi connectivity index (χ3v) is 3.86. The zero-order chi connectivity index (χ0) is 8.55. The fourth-order valence-corrected chi connectivity index (χ4v) is 2.80. The van der Waals surface area contributed by atoms with Gasteiger partial charge in [0.05, 0.1) is 0 Å². The summed E-state index contributed by atoms with van der Waals surface area (Å²) >= 11 is 5.81. The number of piperidine rings is 1. The molecule has 3 atom stereocenters. The summed E-state index contributed by atoms with van der Waals surface area (Å²) in [5.74, 6) is 2.51. The number of rotatable bonds is 3. The van der Waals surface area contributed by atoms with Crippen LogP contribution in [-0.2, 0) is 0 Å². The van der Waals surface area contributed by atoms with Crippen molar-refractivity contribution in [2.75, 3.05) is 19.0 Å². The van der Waals surface area contributed by atoms with E-state index in [9.17, 15) is 0 Å². The van der Waals surface area contributed by atoms with Gasteiger partial charge in [0.15, 0.2) is 0 Å². The molecular formula is C10H18ClN. The molecule has 1 saturated carbocycles. The van der Waals surface area contributed by atoms with Crippen LogP contribution in [-0.4, -0.2) is 29.9 Å². The highest BCUT2D eigenvalue weighted by molar-refractivity contribution is 6.18. The van der Waals surface area contributed by atoms with Crippen molar-refractivity contribution >= 4 is 11.6 Å². The fourth-order valence-electron chi connectivity index (χ4n) is 2.70. The van der Waals surface area contributed by atoms with Crippen LogP contribution in [0.1, 0.15) is 26.2 Å². The third kappa shape index (κ3) is 1.62. The van der Waals surface area contributed by atoms with Crippen molar-refractivity contribution < 1.29 is 0 Å². The first-order chi connectivity index (χ1) is 5.79. The number of nitrogens with zero attached hydrogens (tertiary/aromatic N) is 1. The minimum absolute atomic E-state index is 0.672. The predicted octanol–water partition coefficient (Wildman–Crippen LogP) is 2.35. The lowest BCUT2D eigenvalue weighted by atomic mass is 10.1. The Morgan fingerprint density at radius 2 is 2.33 bits per heavy atom. The lowest BCUT2D eigenvalue weighted by Crippen LogP contribution is -2.35. The summed E-state index contributed by atoms with van der Waals surface area (Å²) in [6.07, 6.45) is 4.39. The van der Waals surface area contributed by atoms with E-state index in [4.69, 9.17) is 11.6 Å². The summed E-state index contributed by atoms with van der Waals surface area (Å²) in [5.41, 5.74) is 0. The molecule has 0 aromatic carbocycles. The van der Waals surface area contributed by atoms with E-state index < -0.39 is 0 Å². The largest absolute Gasteiger partial charge is 0.300 e. The molecule has 2 fully saturated rings. The van der Waals surface area contributed by atoms with Crippen LogP contribution >= 0.6 is 11.6 Å². The molecule has 0 spiro atoms. The van der Waals surface area contributed by atoms with E-state index in [1.807, 2.05) is 0 Å². The van der Waals surface area contributed by atoms with Gasteiger partial charge < -0.3 is 0 Å². The minimum Gasteiger partial charge on any atom is -0.300 e. The van der Waals surface area contributed by atoms with Gasteiger partial charge in [-0.05, 0) is 31.1 Å². The van der Waals surface area contributed by atoms with Crippen LogP contribution in [0.15, 0.2) is 0 Å². The summed E-state index contributed by atoms with van der Waals surface area (Å²) < 4.78 is 0. The summed E-state index contributed by atoms with van der Waals surface area (Å²) in [5, 5.41) is 0. The van der Waals surface area contributed by atoms with Gasteiger partial charge in [-0.3, -0.25) is 4.90 Å². The number of hydrogen-bond acceptors (Lipinski definition) is 1. The SMILES string of the molecule is CC(CCl)CN1CC2CCC1C2. The van der Waals surface area contributed by atoms with Crippen molar-refractivity contribution in [3.05, 3.63) is 0 Å². The van der Waals surface area contributed by atoms with Gasteiger partial charge in [-0.15, -0.1) is 11.6 Å². The van der Waals surface area contributed by atoms with Gasteiger partial charge >= 0.3 is 0 Å². The van der Waals surface area contributed by atoms with E-state index in [1.165, 1.54) is 32.4 Å². The fraction of sp³-hybridized carbons (Fsp3) is 1.00. The zero-order valence-electron chi connectivity index (χ0n) is 7.80. The average molecular weight is 188 g/mol. The summed E-state index contributed by atoms with van der Waals surface area (Å²) in [6.45, 7) is 4.83. The van der Waals surface area contributed by atoms with Crippen LogP contribution in [0, 0.1) is 11.8 Å². The molecule has 2 rings (SSSR count). The Hall–Kier alpha value is 0.250. The van der Waals surface area contributed by atoms with Crippen molar-refractivity contribution in [1.82, 2.24) is 4.90 Å². The topological polar surface area (TPSA) is 3.24 Å². The molecular weight excluding hydrogens is 170 g/mol. The first kappa shape index (κ1) is 8.83. The molecule has 2 aliphatic rings. The molecule has 1 aliphatic heterocycles. The quantitative estimate of drug-likeness (QED) is 0.614. The Balaban J connectivity index is 1.82. The maximum atomic E-state index is 5.81. The Morgan fingerprint density at radius 1 is 1.50 bits per heavy atom. The lowest BCUT2D eigenvalue weighted by molar-refractivity contribution is 0.192. The number of likely N-dealkylation sites (tertiary alicyclic amines) is 1. The minimum atomic E-state index is 0.672. The summed E-state index contributed by atoms with van der Waals surface area (Å²) in [4.78, 5) is 2.65. The van der Waals surface area contributed by atoms with Gasteiger partial charge in [0.2, 0.25) is 0 Å². The van der Waals surface area contributed by atoms with Crippen molar-refractivity contribution in [2.45, 2.75) is 32.2 Å². The molecule has 0 aromatic heterocycles. The Labute approximate surface area is 80.1 Å². The van der Waals surface area contributed by atoms with Gasteiger partial charge in [0.25, 0.3) is 0 Å². The zero-order valence-corrected chi connectivity index (χ0v) is 8.56. The second-order valence-electron chi connectivity index (χ2n) is 4.55. The van der Waals surface area contributed by atoms with Crippen molar-refractivity contribution in [3.63, 3.8) is 0 Å². The van der Waals surface area contributed by atoms with E-state index in [0.717, 1.165) is 17.8 Å². The molecule has 1 nitrogen and oxygen atoms in total. The molecule has 3 unspecified atom stereocenters. The monoisotopic (exact) mass is 187 g/mol. The average Bonchev–Trinajstić information content (AvgIpc) is 2.64. The highest BCUT2D eigenvalue weighted by atomic mass is 35.5. The first-order valence-corrected chi connectivity index (χ1v) is 5.63. The van der Waals surface area contributed by atoms with E-state index in [-0.39, 0.29) is 0 Å². The molecule has 0 amide bonds. The standard InChI is InChI=1S/C10H18ClN/c1-8(5-11)6-12-7-9-2-3-10(12)4-9/h8-10H,2-7H2,1H3. The number of hydrogen-bond donors (Lipinski definition) is 0. The Bertz CT molecular complexity index is 160. The lowest BCUT2D eigenvalue weighted by Gasteiger charge is -2.28. The third-order valence-electron chi connectivity index (χ3n) is 3.33. The van der Waals surface area contributed by atoms with Crippen LogP contribution in [0.4, 0.5) is 0 Å². The van der Waals surface area contributed by atoms with Crippen LogP contribution in [0.5, 0.6) is 0 Å². The van der Waals surface area contributed by atoms with Gasteiger partial charge in [-0.1, -0.05) is 6.92 Å². The summed E-state index contributed by atoms with van der Waals surface area (Å²) in [7, 11) is 0. The molecule has 0 N–H and O–H groups in total. The van der Waals surface area contributed by atoms with Gasteiger partial charge in [0.1, 0.15) is 0 Å². The van der Waals surface area contributed by atoms with Crippen molar-refractivity contribution in [1.29, 1.82) is 0 Å². The molecule has 1 heterocycles. The van der Waals surface area contributed by atoms with E-state index in [2.05, 4.69) is 11.8 Å². The maximum absolute atomic E-state index is 5.81.